The lowest BCUT2D eigenvalue weighted by Gasteiger charge is -2.15. The fourth-order valence-electron chi connectivity index (χ4n) is 2.27. The number of halogens is 1. The number of carbonyl (C=O) groups is 2. The number of hydrogen-bond acceptors (Lipinski definition) is 2. The minimum atomic E-state index is -0.268. The van der Waals surface area contributed by atoms with E-state index in [0.29, 0.717) is 11.3 Å². The van der Waals surface area contributed by atoms with Gasteiger partial charge in [-0.2, -0.15) is 0 Å². The van der Waals surface area contributed by atoms with Crippen molar-refractivity contribution < 1.29 is 9.59 Å². The summed E-state index contributed by atoms with van der Waals surface area (Å²) >= 11 is 3.43. The lowest BCUT2D eigenvalue weighted by molar-refractivity contribution is 0.0940. The van der Waals surface area contributed by atoms with Crippen LogP contribution in [0.25, 0.3) is 0 Å². The van der Waals surface area contributed by atoms with Gasteiger partial charge in [0, 0.05) is 21.8 Å². The Morgan fingerprint density at radius 3 is 2.24 bits per heavy atom. The topological polar surface area (TPSA) is 70.2 Å². The molecule has 0 aliphatic carbocycles. The third-order valence-electron chi connectivity index (χ3n) is 3.52. The number of rotatable bonds is 5. The summed E-state index contributed by atoms with van der Waals surface area (Å²) in [5.41, 5.74) is 2.19. The molecular formula is C19H22BrN3O2. The number of hydrogen-bond donors (Lipinski definition) is 3. The smallest absolute Gasteiger partial charge is 0.319 e. The number of benzene rings is 2. The molecule has 132 valence electrons. The molecule has 0 aliphatic rings. The number of urea groups is 1. The van der Waals surface area contributed by atoms with Crippen LogP contribution in [0.5, 0.6) is 0 Å². The van der Waals surface area contributed by atoms with Crippen molar-refractivity contribution in [3.63, 3.8) is 0 Å². The van der Waals surface area contributed by atoms with Gasteiger partial charge in [-0.05, 0) is 62.7 Å². The molecule has 2 aromatic carbocycles. The van der Waals surface area contributed by atoms with E-state index < -0.39 is 0 Å². The first kappa shape index (κ1) is 19.0. The van der Waals surface area contributed by atoms with E-state index in [-0.39, 0.29) is 24.0 Å². The number of amides is 3. The summed E-state index contributed by atoms with van der Waals surface area (Å²) in [5.74, 6) is -0.161. The highest BCUT2D eigenvalue weighted by Crippen LogP contribution is 2.18. The molecule has 2 rings (SSSR count). The van der Waals surface area contributed by atoms with Crippen LogP contribution >= 0.6 is 15.9 Å². The maximum atomic E-state index is 12.4. The Morgan fingerprint density at radius 1 is 0.960 bits per heavy atom. The van der Waals surface area contributed by atoms with E-state index in [4.69, 9.17) is 0 Å². The lowest BCUT2D eigenvalue weighted by Crippen LogP contribution is -2.34. The van der Waals surface area contributed by atoms with Crippen molar-refractivity contribution in [2.75, 3.05) is 5.32 Å². The second kappa shape index (κ2) is 8.67. The second-order valence-corrected chi connectivity index (χ2v) is 7.00. The van der Waals surface area contributed by atoms with Crippen molar-refractivity contribution in [3.8, 4) is 0 Å². The maximum absolute atomic E-state index is 12.4. The van der Waals surface area contributed by atoms with Gasteiger partial charge in [-0.15, -0.1) is 0 Å². The summed E-state index contributed by atoms with van der Waals surface area (Å²) in [6.07, 6.45) is 0. The quantitative estimate of drug-likeness (QED) is 0.688. The van der Waals surface area contributed by atoms with Gasteiger partial charge in [0.1, 0.15) is 0 Å². The molecule has 25 heavy (non-hydrogen) atoms. The Bertz CT molecular complexity index is 745. The van der Waals surface area contributed by atoms with Crippen LogP contribution in [0.15, 0.2) is 53.0 Å². The molecule has 3 amide bonds. The van der Waals surface area contributed by atoms with Crippen molar-refractivity contribution >= 4 is 33.6 Å². The molecule has 0 bridgehead atoms. The zero-order valence-electron chi connectivity index (χ0n) is 14.5. The predicted molar refractivity (Wildman–Crippen MR) is 104 cm³/mol. The first-order chi connectivity index (χ1) is 11.8. The van der Waals surface area contributed by atoms with Crippen LogP contribution in [0.4, 0.5) is 10.5 Å². The Labute approximate surface area is 156 Å². The standard InChI is InChI=1S/C19H22BrN3O2/c1-12(2)21-19(25)23-17-9-7-14(8-10-17)18(24)22-13(3)15-5-4-6-16(20)11-15/h4-13H,1-3H3,(H,22,24)(H2,21,23,25). The molecule has 0 saturated heterocycles. The van der Waals surface area contributed by atoms with Gasteiger partial charge in [-0.25, -0.2) is 4.79 Å². The molecule has 0 aliphatic heterocycles. The highest BCUT2D eigenvalue weighted by atomic mass is 79.9. The normalized spacial score (nSPS) is 11.7. The van der Waals surface area contributed by atoms with Gasteiger partial charge in [0.25, 0.3) is 5.91 Å². The van der Waals surface area contributed by atoms with Crippen molar-refractivity contribution in [1.29, 1.82) is 0 Å². The van der Waals surface area contributed by atoms with Crippen LogP contribution in [-0.4, -0.2) is 18.0 Å². The van der Waals surface area contributed by atoms with E-state index in [2.05, 4.69) is 31.9 Å². The zero-order valence-corrected chi connectivity index (χ0v) is 16.1. The average Bonchev–Trinajstić information content (AvgIpc) is 2.54. The molecule has 0 saturated carbocycles. The monoisotopic (exact) mass is 403 g/mol. The van der Waals surface area contributed by atoms with Gasteiger partial charge in [0.05, 0.1) is 6.04 Å². The molecule has 0 fully saturated rings. The SMILES string of the molecule is CC(C)NC(=O)Nc1ccc(C(=O)NC(C)c2cccc(Br)c2)cc1. The summed E-state index contributed by atoms with van der Waals surface area (Å²) in [6.45, 7) is 5.71. The van der Waals surface area contributed by atoms with Crippen LogP contribution in [0, 0.1) is 0 Å². The molecule has 0 spiro atoms. The molecule has 0 aromatic heterocycles. The summed E-state index contributed by atoms with van der Waals surface area (Å²) < 4.78 is 0.973. The van der Waals surface area contributed by atoms with Crippen LogP contribution in [0.2, 0.25) is 0 Å². The fourth-order valence-corrected chi connectivity index (χ4v) is 2.69. The van der Waals surface area contributed by atoms with Gasteiger partial charge in [-0.3, -0.25) is 4.79 Å². The van der Waals surface area contributed by atoms with Crippen molar-refractivity contribution in [3.05, 3.63) is 64.1 Å². The Kier molecular flexibility index (Phi) is 6.58. The highest BCUT2D eigenvalue weighted by molar-refractivity contribution is 9.10. The zero-order chi connectivity index (χ0) is 18.4. The van der Waals surface area contributed by atoms with Gasteiger partial charge in [0.15, 0.2) is 0 Å². The van der Waals surface area contributed by atoms with Gasteiger partial charge in [0.2, 0.25) is 0 Å². The largest absolute Gasteiger partial charge is 0.346 e. The van der Waals surface area contributed by atoms with E-state index in [1.165, 1.54) is 0 Å². The Balaban J connectivity index is 1.97. The first-order valence-corrected chi connectivity index (χ1v) is 8.88. The summed E-state index contributed by atoms with van der Waals surface area (Å²) in [6, 6.07) is 14.3. The first-order valence-electron chi connectivity index (χ1n) is 8.09. The summed E-state index contributed by atoms with van der Waals surface area (Å²) in [7, 11) is 0. The van der Waals surface area contributed by atoms with Gasteiger partial charge in [-0.1, -0.05) is 28.1 Å². The van der Waals surface area contributed by atoms with E-state index in [0.717, 1.165) is 10.0 Å². The molecule has 1 unspecified atom stereocenters. The van der Waals surface area contributed by atoms with Crippen LogP contribution < -0.4 is 16.0 Å². The molecular weight excluding hydrogens is 382 g/mol. The van der Waals surface area contributed by atoms with Crippen molar-refractivity contribution in [2.24, 2.45) is 0 Å². The maximum Gasteiger partial charge on any atom is 0.319 e. The molecule has 0 radical (unpaired) electrons. The lowest BCUT2D eigenvalue weighted by atomic mass is 10.1. The van der Waals surface area contributed by atoms with Crippen molar-refractivity contribution in [2.45, 2.75) is 32.9 Å². The molecule has 5 nitrogen and oxygen atoms in total. The molecule has 0 heterocycles. The number of carbonyl (C=O) groups excluding carboxylic acids is 2. The number of nitrogens with one attached hydrogen (secondary N) is 3. The highest BCUT2D eigenvalue weighted by Gasteiger charge is 2.12. The minimum Gasteiger partial charge on any atom is -0.346 e. The van der Waals surface area contributed by atoms with E-state index in [1.807, 2.05) is 45.0 Å². The molecule has 1 atom stereocenters. The Hall–Kier alpha value is -2.34. The van der Waals surface area contributed by atoms with Crippen LogP contribution in [0.1, 0.15) is 42.7 Å². The third kappa shape index (κ3) is 5.90. The summed E-state index contributed by atoms with van der Waals surface area (Å²) in [5, 5.41) is 8.44. The van der Waals surface area contributed by atoms with Crippen LogP contribution in [-0.2, 0) is 0 Å². The van der Waals surface area contributed by atoms with Gasteiger partial charge < -0.3 is 16.0 Å². The fraction of sp³-hybridized carbons (Fsp3) is 0.263. The third-order valence-corrected chi connectivity index (χ3v) is 4.01. The molecule has 2 aromatic rings. The predicted octanol–water partition coefficient (Wildman–Crippen LogP) is 4.47. The number of anilines is 1. The minimum absolute atomic E-state index is 0.0598. The average molecular weight is 404 g/mol. The van der Waals surface area contributed by atoms with Gasteiger partial charge >= 0.3 is 6.03 Å². The van der Waals surface area contributed by atoms with Crippen molar-refractivity contribution in [1.82, 2.24) is 10.6 Å². The van der Waals surface area contributed by atoms with E-state index in [1.54, 1.807) is 24.3 Å². The Morgan fingerprint density at radius 2 is 1.64 bits per heavy atom. The van der Waals surface area contributed by atoms with E-state index >= 15 is 0 Å². The van der Waals surface area contributed by atoms with E-state index in [9.17, 15) is 9.59 Å². The molecule has 6 heteroatoms. The molecule has 3 N–H and O–H groups in total. The second-order valence-electron chi connectivity index (χ2n) is 6.08. The van der Waals surface area contributed by atoms with Crippen LogP contribution in [0.3, 0.4) is 0 Å². The summed E-state index contributed by atoms with van der Waals surface area (Å²) in [4.78, 5) is 24.0.